The summed E-state index contributed by atoms with van der Waals surface area (Å²) < 4.78 is 6.85. The summed E-state index contributed by atoms with van der Waals surface area (Å²) >= 11 is 3.53. The fourth-order valence-corrected chi connectivity index (χ4v) is 3.26. The molecule has 0 unspecified atom stereocenters. The summed E-state index contributed by atoms with van der Waals surface area (Å²) in [5.74, 6) is 1.87. The number of aryl methyl sites for hydroxylation is 1. The molecule has 0 spiro atoms. The Hall–Kier alpha value is -3.10. The number of H-pyrrole nitrogens is 1. The third-order valence-electron chi connectivity index (χ3n) is 4.07. The fourth-order valence-electron chi connectivity index (χ4n) is 2.78. The van der Waals surface area contributed by atoms with Gasteiger partial charge in [-0.25, -0.2) is 4.98 Å². The highest BCUT2D eigenvalue weighted by Gasteiger charge is 2.11. The van der Waals surface area contributed by atoms with Gasteiger partial charge in [0.25, 0.3) is 0 Å². The lowest BCUT2D eigenvalue weighted by Gasteiger charge is -1.99. The Kier molecular flexibility index (Phi) is 4.19. The Morgan fingerprint density at radius 3 is 2.85 bits per heavy atom. The van der Waals surface area contributed by atoms with Crippen molar-refractivity contribution in [1.29, 1.82) is 5.26 Å². The van der Waals surface area contributed by atoms with Gasteiger partial charge in [0.1, 0.15) is 23.4 Å². The minimum Gasteiger partial charge on any atom is -0.457 e. The van der Waals surface area contributed by atoms with Crippen LogP contribution in [0.2, 0.25) is 0 Å². The van der Waals surface area contributed by atoms with Crippen LogP contribution in [0.25, 0.3) is 34.0 Å². The first-order valence-corrected chi connectivity index (χ1v) is 8.86. The van der Waals surface area contributed by atoms with E-state index in [1.54, 1.807) is 6.08 Å². The number of fused-ring (bicyclic) bond motifs is 1. The summed E-state index contributed by atoms with van der Waals surface area (Å²) in [5.41, 5.74) is 4.27. The van der Waals surface area contributed by atoms with Crippen LogP contribution >= 0.6 is 15.9 Å². The van der Waals surface area contributed by atoms with Crippen molar-refractivity contribution in [2.45, 2.75) is 6.92 Å². The lowest BCUT2D eigenvalue weighted by molar-refractivity contribution is 0.571. The third-order valence-corrected chi connectivity index (χ3v) is 4.76. The number of nitriles is 1. The van der Waals surface area contributed by atoms with Crippen LogP contribution in [-0.4, -0.2) is 9.97 Å². The minimum absolute atomic E-state index is 0.423. The van der Waals surface area contributed by atoms with Crippen molar-refractivity contribution in [2.24, 2.45) is 0 Å². The number of halogens is 1. The van der Waals surface area contributed by atoms with Crippen LogP contribution in [0.3, 0.4) is 0 Å². The maximum atomic E-state index is 9.56. The monoisotopic (exact) mass is 403 g/mol. The summed E-state index contributed by atoms with van der Waals surface area (Å²) in [6.07, 6.45) is 1.70. The number of nitrogens with zero attached hydrogens (tertiary/aromatic N) is 2. The lowest BCUT2D eigenvalue weighted by atomic mass is 10.2. The molecule has 2 aromatic heterocycles. The van der Waals surface area contributed by atoms with Gasteiger partial charge in [-0.15, -0.1) is 0 Å². The Morgan fingerprint density at radius 2 is 2.04 bits per heavy atom. The molecule has 26 heavy (non-hydrogen) atoms. The second-order valence-corrected chi connectivity index (χ2v) is 6.81. The summed E-state index contributed by atoms with van der Waals surface area (Å²) in [6.45, 7) is 2.02. The van der Waals surface area contributed by atoms with Crippen LogP contribution in [0.1, 0.15) is 17.1 Å². The Balaban J connectivity index is 1.72. The van der Waals surface area contributed by atoms with Crippen molar-refractivity contribution >= 4 is 38.6 Å². The van der Waals surface area contributed by atoms with E-state index in [0.29, 0.717) is 17.2 Å². The van der Waals surface area contributed by atoms with Gasteiger partial charge in [0.2, 0.25) is 0 Å². The van der Waals surface area contributed by atoms with Gasteiger partial charge in [0.15, 0.2) is 0 Å². The van der Waals surface area contributed by atoms with Gasteiger partial charge in [0.05, 0.1) is 16.6 Å². The molecule has 4 rings (SSSR count). The van der Waals surface area contributed by atoms with E-state index in [2.05, 4.69) is 32.0 Å². The number of aromatic amines is 1. The van der Waals surface area contributed by atoms with Crippen LogP contribution in [0.4, 0.5) is 0 Å². The zero-order valence-electron chi connectivity index (χ0n) is 14.0. The van der Waals surface area contributed by atoms with E-state index in [0.717, 1.165) is 32.4 Å². The highest BCUT2D eigenvalue weighted by molar-refractivity contribution is 9.10. The summed E-state index contributed by atoms with van der Waals surface area (Å²) in [7, 11) is 0. The molecular formula is C21H14BrN3O. The first kappa shape index (κ1) is 16.4. The minimum atomic E-state index is 0.423. The predicted octanol–water partition coefficient (Wildman–Crippen LogP) is 5.96. The van der Waals surface area contributed by atoms with Gasteiger partial charge in [-0.1, -0.05) is 40.2 Å². The molecule has 0 fully saturated rings. The van der Waals surface area contributed by atoms with E-state index in [4.69, 9.17) is 4.42 Å². The van der Waals surface area contributed by atoms with Gasteiger partial charge in [-0.2, -0.15) is 5.26 Å². The number of hydrogen-bond donors (Lipinski definition) is 1. The zero-order chi connectivity index (χ0) is 18.1. The molecule has 0 radical (unpaired) electrons. The largest absolute Gasteiger partial charge is 0.457 e. The number of benzene rings is 2. The molecule has 0 amide bonds. The number of rotatable bonds is 3. The summed E-state index contributed by atoms with van der Waals surface area (Å²) in [5, 5.41) is 9.56. The lowest BCUT2D eigenvalue weighted by Crippen LogP contribution is -1.84. The third kappa shape index (κ3) is 3.07. The average Bonchev–Trinajstić information content (AvgIpc) is 3.26. The highest BCUT2D eigenvalue weighted by atomic mass is 79.9. The van der Waals surface area contributed by atoms with Crippen LogP contribution in [0.5, 0.6) is 0 Å². The predicted molar refractivity (Wildman–Crippen MR) is 106 cm³/mol. The highest BCUT2D eigenvalue weighted by Crippen LogP contribution is 2.30. The molecule has 4 nitrogen and oxygen atoms in total. The van der Waals surface area contributed by atoms with E-state index in [1.807, 2.05) is 61.5 Å². The van der Waals surface area contributed by atoms with E-state index in [1.165, 1.54) is 0 Å². The molecule has 2 heterocycles. The number of aromatic nitrogens is 2. The fraction of sp³-hybridized carbons (Fsp3) is 0.0476. The maximum absolute atomic E-state index is 9.56. The zero-order valence-corrected chi connectivity index (χ0v) is 15.5. The van der Waals surface area contributed by atoms with Crippen molar-refractivity contribution in [3.8, 4) is 17.4 Å². The quantitative estimate of drug-likeness (QED) is 0.429. The molecule has 0 bridgehead atoms. The maximum Gasteiger partial charge on any atom is 0.149 e. The van der Waals surface area contributed by atoms with Crippen LogP contribution in [-0.2, 0) is 0 Å². The molecule has 0 atom stereocenters. The molecule has 0 aliphatic carbocycles. The molecule has 0 aliphatic heterocycles. The average molecular weight is 404 g/mol. The van der Waals surface area contributed by atoms with Crippen LogP contribution in [0, 0.1) is 18.3 Å². The second kappa shape index (κ2) is 6.66. The van der Waals surface area contributed by atoms with Crippen molar-refractivity contribution in [2.75, 3.05) is 0 Å². The summed E-state index contributed by atoms with van der Waals surface area (Å²) in [6, 6.07) is 19.7. The topological polar surface area (TPSA) is 65.6 Å². The van der Waals surface area contributed by atoms with Crippen molar-refractivity contribution < 1.29 is 4.42 Å². The van der Waals surface area contributed by atoms with E-state index < -0.39 is 0 Å². The van der Waals surface area contributed by atoms with Gasteiger partial charge < -0.3 is 9.40 Å². The Labute approximate surface area is 158 Å². The van der Waals surface area contributed by atoms with Crippen molar-refractivity contribution in [3.63, 3.8) is 0 Å². The van der Waals surface area contributed by atoms with E-state index in [-0.39, 0.29) is 0 Å². The number of allylic oxidation sites excluding steroid dienone is 1. The molecule has 0 aliphatic rings. The van der Waals surface area contributed by atoms with Crippen molar-refractivity contribution in [3.05, 3.63) is 76.2 Å². The molecular weight excluding hydrogens is 390 g/mol. The molecule has 0 saturated heterocycles. The molecule has 0 saturated carbocycles. The Bertz CT molecular complexity index is 1180. The van der Waals surface area contributed by atoms with Crippen LogP contribution in [0.15, 0.2) is 63.5 Å². The normalized spacial score (nSPS) is 11.7. The smallest absolute Gasteiger partial charge is 0.149 e. The number of hydrogen-bond acceptors (Lipinski definition) is 3. The molecule has 126 valence electrons. The first-order chi connectivity index (χ1) is 12.6. The van der Waals surface area contributed by atoms with Gasteiger partial charge in [-0.05, 0) is 42.8 Å². The van der Waals surface area contributed by atoms with Gasteiger partial charge in [-0.3, -0.25) is 0 Å². The second-order valence-electron chi connectivity index (χ2n) is 5.96. The van der Waals surface area contributed by atoms with Gasteiger partial charge >= 0.3 is 0 Å². The van der Waals surface area contributed by atoms with Gasteiger partial charge in [0, 0.05) is 16.1 Å². The van der Waals surface area contributed by atoms with Crippen LogP contribution < -0.4 is 0 Å². The summed E-state index contributed by atoms with van der Waals surface area (Å²) in [4.78, 5) is 7.71. The number of nitrogens with one attached hydrogen (secondary N) is 1. The Morgan fingerprint density at radius 1 is 1.19 bits per heavy atom. The molecule has 2 aromatic carbocycles. The number of imidazole rings is 1. The number of furan rings is 1. The first-order valence-electron chi connectivity index (χ1n) is 8.07. The van der Waals surface area contributed by atoms with Crippen molar-refractivity contribution in [1.82, 2.24) is 9.97 Å². The molecule has 4 aromatic rings. The van der Waals surface area contributed by atoms with E-state index >= 15 is 0 Å². The SMILES string of the molecule is Cc1ccc2nc(/C(C#N)=C\c3ccc(-c4ccccc4Br)o3)[nH]c2c1. The molecule has 1 N–H and O–H groups in total. The molecule has 5 heteroatoms. The van der Waals surface area contributed by atoms with E-state index in [9.17, 15) is 5.26 Å². The standard InChI is InChI=1S/C21H14BrN3O/c1-13-6-8-18-19(10-13)25-21(24-18)14(12-23)11-15-7-9-20(26-15)16-4-2-3-5-17(16)22/h2-11H,1H3,(H,24,25)/b14-11-.